The van der Waals surface area contributed by atoms with Crippen LogP contribution < -0.4 is 0 Å². The minimum atomic E-state index is 0.571. The lowest BCUT2D eigenvalue weighted by Gasteiger charge is -1.98. The molecule has 112 valence electrons. The van der Waals surface area contributed by atoms with Crippen LogP contribution in [0.1, 0.15) is 5.56 Å². The summed E-state index contributed by atoms with van der Waals surface area (Å²) in [5.41, 5.74) is 3.71. The molecule has 0 aliphatic heterocycles. The fraction of sp³-hybridized carbons (Fsp3) is 0.0588. The monoisotopic (exact) mass is 302 g/mol. The number of aromatic nitrogens is 4. The van der Waals surface area contributed by atoms with E-state index in [1.165, 1.54) is 5.56 Å². The van der Waals surface area contributed by atoms with Crippen molar-refractivity contribution in [1.29, 1.82) is 0 Å². The molecule has 0 atom stereocenters. The number of rotatable bonds is 3. The zero-order valence-electron chi connectivity index (χ0n) is 12.5. The van der Waals surface area contributed by atoms with Crippen LogP contribution in [0.3, 0.4) is 0 Å². The summed E-state index contributed by atoms with van der Waals surface area (Å²) in [5.74, 6) is 1.20. The number of benzene rings is 2. The molecule has 2 aromatic heterocycles. The van der Waals surface area contributed by atoms with Gasteiger partial charge in [0.25, 0.3) is 5.78 Å². The molecule has 0 amide bonds. The first-order valence-electron chi connectivity index (χ1n) is 7.27. The van der Waals surface area contributed by atoms with Gasteiger partial charge in [0.2, 0.25) is 5.82 Å². The number of nitrogens with one attached hydrogen (secondary N) is 1. The van der Waals surface area contributed by atoms with Crippen molar-refractivity contribution in [2.45, 2.75) is 6.92 Å². The summed E-state index contributed by atoms with van der Waals surface area (Å²) in [7, 11) is 0. The molecule has 0 aliphatic carbocycles. The van der Waals surface area contributed by atoms with Crippen LogP contribution in [-0.2, 0) is 0 Å². The summed E-state index contributed by atoms with van der Waals surface area (Å²) < 4.78 is 1.72. The Balaban J connectivity index is 1.81. The number of hydrogen-bond acceptors (Lipinski definition) is 4. The molecule has 6 heteroatoms. The minimum Gasteiger partial charge on any atom is -0.279 e. The van der Waals surface area contributed by atoms with Gasteiger partial charge < -0.3 is 0 Å². The highest BCUT2D eigenvalue weighted by atomic mass is 15.4. The Morgan fingerprint density at radius 3 is 2.52 bits per heavy atom. The van der Waals surface area contributed by atoms with Crippen LogP contribution >= 0.6 is 0 Å². The van der Waals surface area contributed by atoms with E-state index in [1.807, 2.05) is 61.5 Å². The second-order valence-corrected chi connectivity index (χ2v) is 5.21. The van der Waals surface area contributed by atoms with Gasteiger partial charge in [0.05, 0.1) is 5.69 Å². The van der Waals surface area contributed by atoms with Crippen LogP contribution in [0.5, 0.6) is 0 Å². The van der Waals surface area contributed by atoms with E-state index in [-0.39, 0.29) is 0 Å². The predicted molar refractivity (Wildman–Crippen MR) is 88.1 cm³/mol. The summed E-state index contributed by atoms with van der Waals surface area (Å²) >= 11 is 0. The molecular formula is C17H14N6. The van der Waals surface area contributed by atoms with E-state index >= 15 is 0 Å². The zero-order valence-corrected chi connectivity index (χ0v) is 12.5. The summed E-state index contributed by atoms with van der Waals surface area (Å²) in [6, 6.07) is 17.8. The van der Waals surface area contributed by atoms with Gasteiger partial charge in [0.1, 0.15) is 12.0 Å². The van der Waals surface area contributed by atoms with Gasteiger partial charge >= 0.3 is 0 Å². The number of aryl methyl sites for hydroxylation is 1. The maximum atomic E-state index is 4.54. The number of H-pyrrole nitrogens is 1. The topological polar surface area (TPSA) is 70.7 Å². The minimum absolute atomic E-state index is 0.571. The van der Waals surface area contributed by atoms with E-state index in [1.54, 1.807) is 10.8 Å². The van der Waals surface area contributed by atoms with Crippen molar-refractivity contribution in [3.05, 3.63) is 66.5 Å². The molecule has 0 fully saturated rings. The molecule has 0 bridgehead atoms. The maximum Gasteiger partial charge on any atom is 0.253 e. The Labute approximate surface area is 132 Å². The quantitative estimate of drug-likeness (QED) is 0.568. The number of fused-ring (bicyclic) bond motifs is 1. The summed E-state index contributed by atoms with van der Waals surface area (Å²) in [4.78, 5) is 8.72. The smallest absolute Gasteiger partial charge is 0.253 e. The summed E-state index contributed by atoms with van der Waals surface area (Å²) in [6.45, 7) is 2.04. The van der Waals surface area contributed by atoms with E-state index < -0.39 is 0 Å². The summed E-state index contributed by atoms with van der Waals surface area (Å²) in [5, 5.41) is 11.7. The van der Waals surface area contributed by atoms with Crippen LogP contribution in [-0.4, -0.2) is 19.6 Å². The second-order valence-electron chi connectivity index (χ2n) is 5.21. The average Bonchev–Trinajstić information content (AvgIpc) is 3.17. The Morgan fingerprint density at radius 1 is 0.957 bits per heavy atom. The van der Waals surface area contributed by atoms with E-state index in [9.17, 15) is 0 Å². The fourth-order valence-electron chi connectivity index (χ4n) is 2.35. The molecule has 4 aromatic rings. The van der Waals surface area contributed by atoms with Crippen molar-refractivity contribution in [2.75, 3.05) is 0 Å². The van der Waals surface area contributed by atoms with Gasteiger partial charge in [0.15, 0.2) is 0 Å². The molecular weight excluding hydrogens is 288 g/mol. The van der Waals surface area contributed by atoms with Crippen molar-refractivity contribution < 1.29 is 0 Å². The molecule has 2 aromatic carbocycles. The van der Waals surface area contributed by atoms with E-state index in [2.05, 4.69) is 25.3 Å². The third kappa shape index (κ3) is 2.50. The number of aromatic amines is 1. The van der Waals surface area contributed by atoms with Gasteiger partial charge in [-0.15, -0.1) is 10.2 Å². The molecule has 0 saturated carbocycles. The highest BCUT2D eigenvalue weighted by molar-refractivity contribution is 5.72. The van der Waals surface area contributed by atoms with Crippen LogP contribution in [0.4, 0.5) is 11.5 Å². The van der Waals surface area contributed by atoms with Crippen molar-refractivity contribution in [3.8, 4) is 11.3 Å². The first kappa shape index (κ1) is 13.4. The molecule has 2 heterocycles. The van der Waals surface area contributed by atoms with Crippen molar-refractivity contribution in [3.63, 3.8) is 0 Å². The van der Waals surface area contributed by atoms with Gasteiger partial charge in [-0.05, 0) is 19.1 Å². The standard InChI is InChI=1S/C17H14N6/c1-12-7-9-14(10-8-12)21-22-16-15(13-5-3-2-4-6-13)20-17-18-11-19-23(16)17/h2-11H,1H3,(H,18,19,20). The van der Waals surface area contributed by atoms with Gasteiger partial charge in [-0.3, -0.25) is 5.10 Å². The van der Waals surface area contributed by atoms with Gasteiger partial charge in [-0.1, -0.05) is 48.0 Å². The lowest BCUT2D eigenvalue weighted by atomic mass is 10.1. The molecule has 1 N–H and O–H groups in total. The molecule has 23 heavy (non-hydrogen) atoms. The van der Waals surface area contributed by atoms with Gasteiger partial charge in [0, 0.05) is 5.56 Å². The van der Waals surface area contributed by atoms with E-state index in [0.717, 1.165) is 16.9 Å². The third-order valence-electron chi connectivity index (χ3n) is 3.54. The molecule has 4 rings (SSSR count). The Morgan fingerprint density at radius 2 is 1.74 bits per heavy atom. The number of nitrogens with zero attached hydrogens (tertiary/aromatic N) is 5. The van der Waals surface area contributed by atoms with E-state index in [4.69, 9.17) is 0 Å². The fourth-order valence-corrected chi connectivity index (χ4v) is 2.35. The Kier molecular flexibility index (Phi) is 3.20. The highest BCUT2D eigenvalue weighted by Gasteiger charge is 2.15. The van der Waals surface area contributed by atoms with Crippen LogP contribution in [0, 0.1) is 6.92 Å². The average molecular weight is 302 g/mol. The van der Waals surface area contributed by atoms with Gasteiger partial charge in [-0.25, -0.2) is 9.97 Å². The Bertz CT molecular complexity index is 963. The van der Waals surface area contributed by atoms with E-state index in [0.29, 0.717) is 11.6 Å². The normalized spacial score (nSPS) is 11.5. The molecule has 0 spiro atoms. The lowest BCUT2D eigenvalue weighted by molar-refractivity contribution is 0.953. The maximum absolute atomic E-state index is 4.54. The SMILES string of the molecule is Cc1ccc(N=Nc2c(-c3ccccc3)nc3nc[nH]n23)cc1. The third-order valence-corrected chi connectivity index (χ3v) is 3.54. The largest absolute Gasteiger partial charge is 0.279 e. The second kappa shape index (κ2) is 5.49. The molecule has 0 unspecified atom stereocenters. The zero-order chi connectivity index (χ0) is 15.6. The number of azo groups is 1. The van der Waals surface area contributed by atoms with Crippen molar-refractivity contribution in [1.82, 2.24) is 19.6 Å². The number of imidazole rings is 1. The molecule has 0 saturated heterocycles. The predicted octanol–water partition coefficient (Wildman–Crippen LogP) is 4.45. The number of hydrogen-bond donors (Lipinski definition) is 1. The first-order valence-corrected chi connectivity index (χ1v) is 7.27. The van der Waals surface area contributed by atoms with Crippen LogP contribution in [0.2, 0.25) is 0 Å². The molecule has 0 aliphatic rings. The first-order chi connectivity index (χ1) is 11.3. The summed E-state index contributed by atoms with van der Waals surface area (Å²) in [6.07, 6.45) is 1.59. The van der Waals surface area contributed by atoms with Crippen LogP contribution in [0.25, 0.3) is 17.0 Å². The van der Waals surface area contributed by atoms with Crippen LogP contribution in [0.15, 0.2) is 71.2 Å². The Hall–Kier alpha value is -3.28. The van der Waals surface area contributed by atoms with Gasteiger partial charge in [-0.2, -0.15) is 4.52 Å². The lowest BCUT2D eigenvalue weighted by Crippen LogP contribution is -1.82. The highest BCUT2D eigenvalue weighted by Crippen LogP contribution is 2.31. The molecule has 6 nitrogen and oxygen atoms in total. The van der Waals surface area contributed by atoms with Crippen molar-refractivity contribution >= 4 is 17.3 Å². The molecule has 0 radical (unpaired) electrons. The van der Waals surface area contributed by atoms with Crippen molar-refractivity contribution in [2.24, 2.45) is 10.2 Å².